The first kappa shape index (κ1) is 14.2. The van der Waals surface area contributed by atoms with Crippen molar-refractivity contribution in [1.29, 1.82) is 0 Å². The molecule has 0 aliphatic heterocycles. The number of carbonyl (C=O) groups excluding carboxylic acids is 1. The molecule has 0 radical (unpaired) electrons. The molecule has 0 aliphatic carbocycles. The van der Waals surface area contributed by atoms with Crippen molar-refractivity contribution in [3.05, 3.63) is 41.2 Å². The monoisotopic (exact) mass is 272 g/mol. The van der Waals surface area contributed by atoms with E-state index in [1.807, 2.05) is 32.0 Å². The van der Waals surface area contributed by atoms with E-state index in [1.165, 1.54) is 11.1 Å². The Balaban J connectivity index is 2.14. The summed E-state index contributed by atoms with van der Waals surface area (Å²) in [6.07, 6.45) is 2.61. The molecular weight excluding hydrogens is 252 g/mol. The zero-order valence-corrected chi connectivity index (χ0v) is 12.3. The highest BCUT2D eigenvalue weighted by molar-refractivity contribution is 6.02. The van der Waals surface area contributed by atoms with Gasteiger partial charge in [0.1, 0.15) is 0 Å². The fraction of sp³-hybridized carbons (Fsp3) is 0.400. The van der Waals surface area contributed by atoms with E-state index < -0.39 is 0 Å². The van der Waals surface area contributed by atoms with Gasteiger partial charge in [-0.15, -0.1) is 5.10 Å². The van der Waals surface area contributed by atoms with Crippen LogP contribution in [0.2, 0.25) is 0 Å². The van der Waals surface area contributed by atoms with Crippen LogP contribution in [-0.2, 0) is 6.42 Å². The molecule has 1 heterocycles. The number of rotatable bonds is 4. The molecule has 1 N–H and O–H groups in total. The molecule has 0 bridgehead atoms. The second kappa shape index (κ2) is 5.86. The maximum atomic E-state index is 12.1. The van der Waals surface area contributed by atoms with Crippen LogP contribution in [0.3, 0.4) is 0 Å². The van der Waals surface area contributed by atoms with Gasteiger partial charge in [0.15, 0.2) is 5.69 Å². The minimum absolute atomic E-state index is 0.190. The van der Waals surface area contributed by atoms with Gasteiger partial charge in [-0.05, 0) is 50.5 Å². The van der Waals surface area contributed by atoms with E-state index in [-0.39, 0.29) is 11.9 Å². The van der Waals surface area contributed by atoms with Crippen LogP contribution in [0.25, 0.3) is 0 Å². The van der Waals surface area contributed by atoms with E-state index in [9.17, 15) is 4.79 Å². The fourth-order valence-electron chi connectivity index (χ4n) is 1.96. The van der Waals surface area contributed by atoms with Crippen LogP contribution < -0.4 is 5.32 Å². The van der Waals surface area contributed by atoms with E-state index >= 15 is 0 Å². The van der Waals surface area contributed by atoms with Crippen molar-refractivity contribution >= 4 is 11.6 Å². The summed E-state index contributed by atoms with van der Waals surface area (Å²) in [5, 5.41) is 10.7. The lowest BCUT2D eigenvalue weighted by Gasteiger charge is -2.07. The predicted molar refractivity (Wildman–Crippen MR) is 78.9 cm³/mol. The molecule has 5 nitrogen and oxygen atoms in total. The lowest BCUT2D eigenvalue weighted by atomic mass is 10.1. The van der Waals surface area contributed by atoms with Crippen molar-refractivity contribution in [3.8, 4) is 0 Å². The maximum absolute atomic E-state index is 12.1. The van der Waals surface area contributed by atoms with Gasteiger partial charge < -0.3 is 5.32 Å². The standard InChI is InChI=1S/C15H20N4O/c1-5-12-8-13(7-6-11(12)4)16-15(20)14-9-19(10(2)3)18-17-14/h6-10H,5H2,1-4H3,(H,16,20). The average Bonchev–Trinajstić information content (AvgIpc) is 2.91. The second-order valence-corrected chi connectivity index (χ2v) is 5.13. The van der Waals surface area contributed by atoms with Crippen molar-refractivity contribution in [2.45, 2.75) is 40.2 Å². The predicted octanol–water partition coefficient (Wildman–Crippen LogP) is 2.98. The van der Waals surface area contributed by atoms with Crippen LogP contribution in [0, 0.1) is 6.92 Å². The summed E-state index contributed by atoms with van der Waals surface area (Å²) in [5.74, 6) is -0.234. The lowest BCUT2D eigenvalue weighted by molar-refractivity contribution is 0.102. The highest BCUT2D eigenvalue weighted by atomic mass is 16.2. The normalized spacial score (nSPS) is 10.8. The van der Waals surface area contributed by atoms with E-state index in [0.717, 1.165) is 12.1 Å². The van der Waals surface area contributed by atoms with Crippen LogP contribution in [0.1, 0.15) is 48.4 Å². The van der Waals surface area contributed by atoms with Gasteiger partial charge in [0.05, 0.1) is 6.20 Å². The molecule has 0 unspecified atom stereocenters. The number of aromatic nitrogens is 3. The van der Waals surface area contributed by atoms with Crippen molar-refractivity contribution in [2.75, 3.05) is 5.32 Å². The molecule has 1 amide bonds. The van der Waals surface area contributed by atoms with Crippen molar-refractivity contribution in [1.82, 2.24) is 15.0 Å². The smallest absolute Gasteiger partial charge is 0.277 e. The second-order valence-electron chi connectivity index (χ2n) is 5.13. The van der Waals surface area contributed by atoms with E-state index in [0.29, 0.717) is 5.69 Å². The molecule has 0 atom stereocenters. The van der Waals surface area contributed by atoms with Gasteiger partial charge in [-0.3, -0.25) is 4.79 Å². The van der Waals surface area contributed by atoms with Crippen molar-refractivity contribution in [3.63, 3.8) is 0 Å². The third-order valence-corrected chi connectivity index (χ3v) is 3.26. The third-order valence-electron chi connectivity index (χ3n) is 3.26. The molecule has 106 valence electrons. The van der Waals surface area contributed by atoms with Gasteiger partial charge in [0, 0.05) is 11.7 Å². The zero-order valence-electron chi connectivity index (χ0n) is 12.3. The Morgan fingerprint density at radius 3 is 2.75 bits per heavy atom. The highest BCUT2D eigenvalue weighted by Gasteiger charge is 2.12. The highest BCUT2D eigenvalue weighted by Crippen LogP contribution is 2.16. The van der Waals surface area contributed by atoms with Crippen LogP contribution in [0.5, 0.6) is 0 Å². The molecule has 0 fully saturated rings. The molecule has 5 heteroatoms. The summed E-state index contributed by atoms with van der Waals surface area (Å²) in [4.78, 5) is 12.1. The maximum Gasteiger partial charge on any atom is 0.277 e. The molecule has 2 aromatic rings. The Kier molecular flexibility index (Phi) is 4.17. The number of amides is 1. The number of carbonyl (C=O) groups is 1. The number of benzene rings is 1. The van der Waals surface area contributed by atoms with Gasteiger partial charge in [0.25, 0.3) is 5.91 Å². The lowest BCUT2D eigenvalue weighted by Crippen LogP contribution is -2.12. The van der Waals surface area contributed by atoms with Crippen LogP contribution in [0.15, 0.2) is 24.4 Å². The minimum atomic E-state index is -0.234. The minimum Gasteiger partial charge on any atom is -0.321 e. The molecule has 0 spiro atoms. The first-order chi connectivity index (χ1) is 9.51. The van der Waals surface area contributed by atoms with Crippen LogP contribution in [0.4, 0.5) is 5.69 Å². The first-order valence-corrected chi connectivity index (χ1v) is 6.84. The number of anilines is 1. The van der Waals surface area contributed by atoms with Crippen LogP contribution >= 0.6 is 0 Å². The Labute approximate surface area is 119 Å². The zero-order chi connectivity index (χ0) is 14.7. The van der Waals surface area contributed by atoms with E-state index in [2.05, 4.69) is 29.5 Å². The van der Waals surface area contributed by atoms with Gasteiger partial charge >= 0.3 is 0 Å². The third kappa shape index (κ3) is 3.04. The Morgan fingerprint density at radius 1 is 1.40 bits per heavy atom. The number of hydrogen-bond acceptors (Lipinski definition) is 3. The summed E-state index contributed by atoms with van der Waals surface area (Å²) in [5.41, 5.74) is 3.58. The summed E-state index contributed by atoms with van der Waals surface area (Å²) in [6.45, 7) is 8.15. The van der Waals surface area contributed by atoms with E-state index in [4.69, 9.17) is 0 Å². The first-order valence-electron chi connectivity index (χ1n) is 6.84. The number of aryl methyl sites for hydroxylation is 2. The van der Waals surface area contributed by atoms with Crippen molar-refractivity contribution < 1.29 is 4.79 Å². The molecule has 0 saturated heterocycles. The summed E-state index contributed by atoms with van der Waals surface area (Å²) in [6, 6.07) is 6.11. The average molecular weight is 272 g/mol. The van der Waals surface area contributed by atoms with Crippen LogP contribution in [-0.4, -0.2) is 20.9 Å². The Morgan fingerprint density at radius 2 is 2.15 bits per heavy atom. The molecule has 2 rings (SSSR count). The quantitative estimate of drug-likeness (QED) is 0.930. The molecule has 0 saturated carbocycles. The Hall–Kier alpha value is -2.17. The van der Waals surface area contributed by atoms with E-state index in [1.54, 1.807) is 10.9 Å². The number of nitrogens with one attached hydrogen (secondary N) is 1. The number of hydrogen-bond donors (Lipinski definition) is 1. The summed E-state index contributed by atoms with van der Waals surface area (Å²) >= 11 is 0. The number of nitrogens with zero attached hydrogens (tertiary/aromatic N) is 3. The fourth-order valence-corrected chi connectivity index (χ4v) is 1.96. The van der Waals surface area contributed by atoms with Gasteiger partial charge in [-0.2, -0.15) is 0 Å². The largest absolute Gasteiger partial charge is 0.321 e. The summed E-state index contributed by atoms with van der Waals surface area (Å²) < 4.78 is 1.67. The van der Waals surface area contributed by atoms with Gasteiger partial charge in [0.2, 0.25) is 0 Å². The molecule has 1 aromatic carbocycles. The molecule has 20 heavy (non-hydrogen) atoms. The topological polar surface area (TPSA) is 59.8 Å². The van der Waals surface area contributed by atoms with Crippen molar-refractivity contribution in [2.24, 2.45) is 0 Å². The SMILES string of the molecule is CCc1cc(NC(=O)c2cn(C(C)C)nn2)ccc1C. The summed E-state index contributed by atoms with van der Waals surface area (Å²) in [7, 11) is 0. The molecule has 0 aliphatic rings. The van der Waals surface area contributed by atoms with Gasteiger partial charge in [-0.1, -0.05) is 18.2 Å². The Bertz CT molecular complexity index is 616. The molecule has 1 aromatic heterocycles. The van der Waals surface area contributed by atoms with Gasteiger partial charge in [-0.25, -0.2) is 4.68 Å². The molecular formula is C15H20N4O.